The molecule has 0 aliphatic rings. The van der Waals surface area contributed by atoms with Crippen LogP contribution in [0.2, 0.25) is 0 Å². The number of anilines is 1. The second-order valence-electron chi connectivity index (χ2n) is 6.52. The zero-order chi connectivity index (χ0) is 20.2. The van der Waals surface area contributed by atoms with Crippen molar-refractivity contribution in [2.24, 2.45) is 5.10 Å². The quantitative estimate of drug-likeness (QED) is 0.415. The number of ether oxygens (including phenoxy) is 1. The van der Waals surface area contributed by atoms with E-state index in [-0.39, 0.29) is 5.56 Å². The van der Waals surface area contributed by atoms with E-state index in [1.807, 2.05) is 73.7 Å². The minimum absolute atomic E-state index is 0.146. The normalized spacial score (nSPS) is 11.1. The molecule has 0 amide bonds. The molecule has 0 atom stereocenters. The molecule has 0 saturated carbocycles. The van der Waals surface area contributed by atoms with Gasteiger partial charge in [0.15, 0.2) is 0 Å². The maximum Gasteiger partial charge on any atom is 0.267 e. The number of hydrogen-bond donors (Lipinski definition) is 1. The van der Waals surface area contributed by atoms with Crippen molar-refractivity contribution in [2.75, 3.05) is 12.5 Å². The van der Waals surface area contributed by atoms with E-state index in [0.717, 1.165) is 22.6 Å². The molecule has 0 spiro atoms. The van der Waals surface area contributed by atoms with Crippen LogP contribution in [-0.4, -0.2) is 22.9 Å². The highest BCUT2D eigenvalue weighted by Crippen LogP contribution is 2.19. The number of aryl methyl sites for hydroxylation is 1. The standard InChI is InChI=1S/C23H20N4O2/c1-16-7-3-6-10-21(16)27-22(28)19-8-4-5-9-20(19)25-23(27)26-24-15-17-11-13-18(29-2)14-12-17/h3-15H,1-2H3,(H,25,26)/b24-15+. The molecule has 29 heavy (non-hydrogen) atoms. The van der Waals surface area contributed by atoms with Gasteiger partial charge in [0.25, 0.3) is 5.56 Å². The lowest BCUT2D eigenvalue weighted by molar-refractivity contribution is 0.415. The predicted octanol–water partition coefficient (Wildman–Crippen LogP) is 4.15. The first-order valence-electron chi connectivity index (χ1n) is 9.18. The lowest BCUT2D eigenvalue weighted by Crippen LogP contribution is -2.23. The summed E-state index contributed by atoms with van der Waals surface area (Å²) in [5.41, 5.74) is 6.03. The van der Waals surface area contributed by atoms with Crippen LogP contribution in [0, 0.1) is 6.92 Å². The molecule has 6 heteroatoms. The third-order valence-corrected chi connectivity index (χ3v) is 4.63. The third kappa shape index (κ3) is 3.73. The molecule has 0 unspecified atom stereocenters. The third-order valence-electron chi connectivity index (χ3n) is 4.63. The van der Waals surface area contributed by atoms with Gasteiger partial charge in [-0.15, -0.1) is 0 Å². The average Bonchev–Trinajstić information content (AvgIpc) is 2.75. The lowest BCUT2D eigenvalue weighted by Gasteiger charge is -2.14. The van der Waals surface area contributed by atoms with Crippen LogP contribution in [0.15, 0.2) is 82.7 Å². The molecule has 4 rings (SSSR count). The van der Waals surface area contributed by atoms with E-state index in [4.69, 9.17) is 4.74 Å². The molecule has 0 radical (unpaired) electrons. The maximum atomic E-state index is 13.2. The Kier molecular flexibility index (Phi) is 5.07. The SMILES string of the molecule is COc1ccc(/C=N/Nc2nc3ccccc3c(=O)n2-c2ccccc2C)cc1. The van der Waals surface area contributed by atoms with Gasteiger partial charge in [0.2, 0.25) is 5.95 Å². The number of fused-ring (bicyclic) bond motifs is 1. The van der Waals surface area contributed by atoms with Crippen molar-refractivity contribution in [1.82, 2.24) is 9.55 Å². The predicted molar refractivity (Wildman–Crippen MR) is 116 cm³/mol. The first-order valence-corrected chi connectivity index (χ1v) is 9.18. The molecule has 1 heterocycles. The number of aromatic nitrogens is 2. The topological polar surface area (TPSA) is 68.5 Å². The Morgan fingerprint density at radius 1 is 1.00 bits per heavy atom. The van der Waals surface area contributed by atoms with Crippen molar-refractivity contribution in [3.05, 3.63) is 94.3 Å². The molecule has 0 bridgehead atoms. The summed E-state index contributed by atoms with van der Waals surface area (Å²) in [6.45, 7) is 1.96. The Bertz CT molecular complexity index is 1240. The number of rotatable bonds is 5. The number of methoxy groups -OCH3 is 1. The van der Waals surface area contributed by atoms with Crippen LogP contribution in [-0.2, 0) is 0 Å². The van der Waals surface area contributed by atoms with Crippen molar-refractivity contribution in [3.63, 3.8) is 0 Å². The summed E-state index contributed by atoms with van der Waals surface area (Å²) >= 11 is 0. The molecule has 1 N–H and O–H groups in total. The monoisotopic (exact) mass is 384 g/mol. The van der Waals surface area contributed by atoms with Gasteiger partial charge in [-0.25, -0.2) is 15.0 Å². The first-order chi connectivity index (χ1) is 14.2. The summed E-state index contributed by atoms with van der Waals surface area (Å²) in [7, 11) is 1.63. The molecular weight excluding hydrogens is 364 g/mol. The minimum atomic E-state index is -0.146. The fourth-order valence-electron chi connectivity index (χ4n) is 3.10. The molecule has 0 fully saturated rings. The smallest absolute Gasteiger partial charge is 0.267 e. The van der Waals surface area contributed by atoms with Gasteiger partial charge in [-0.05, 0) is 60.5 Å². The van der Waals surface area contributed by atoms with Gasteiger partial charge in [-0.3, -0.25) is 4.79 Å². The summed E-state index contributed by atoms with van der Waals surface area (Å²) in [6.07, 6.45) is 1.67. The molecule has 4 aromatic rings. The zero-order valence-corrected chi connectivity index (χ0v) is 16.2. The van der Waals surface area contributed by atoms with Crippen molar-refractivity contribution in [2.45, 2.75) is 6.92 Å². The van der Waals surface area contributed by atoms with Gasteiger partial charge in [0.1, 0.15) is 5.75 Å². The average molecular weight is 384 g/mol. The fourth-order valence-corrected chi connectivity index (χ4v) is 3.10. The summed E-state index contributed by atoms with van der Waals surface area (Å²) in [5, 5.41) is 4.85. The van der Waals surface area contributed by atoms with Crippen molar-refractivity contribution < 1.29 is 4.74 Å². The molecule has 0 aliphatic heterocycles. The number of para-hydroxylation sites is 2. The Labute approximate surface area is 168 Å². The fraction of sp³-hybridized carbons (Fsp3) is 0.0870. The van der Waals surface area contributed by atoms with E-state index in [1.54, 1.807) is 24.0 Å². The Morgan fingerprint density at radius 2 is 1.72 bits per heavy atom. The van der Waals surface area contributed by atoms with Gasteiger partial charge in [0.05, 0.1) is 29.9 Å². The van der Waals surface area contributed by atoms with Gasteiger partial charge >= 0.3 is 0 Å². The zero-order valence-electron chi connectivity index (χ0n) is 16.2. The molecule has 6 nitrogen and oxygen atoms in total. The van der Waals surface area contributed by atoms with Gasteiger partial charge < -0.3 is 4.74 Å². The van der Waals surface area contributed by atoms with Crippen LogP contribution in [0.5, 0.6) is 5.75 Å². The number of nitrogens with zero attached hydrogens (tertiary/aromatic N) is 3. The van der Waals surface area contributed by atoms with Crippen molar-refractivity contribution in [1.29, 1.82) is 0 Å². The molecule has 0 saturated heterocycles. The van der Waals surface area contributed by atoms with Crippen LogP contribution in [0.1, 0.15) is 11.1 Å². The van der Waals surface area contributed by atoms with Gasteiger partial charge in [0, 0.05) is 0 Å². The van der Waals surface area contributed by atoms with E-state index >= 15 is 0 Å². The molecule has 3 aromatic carbocycles. The Balaban J connectivity index is 1.78. The number of nitrogens with one attached hydrogen (secondary N) is 1. The van der Waals surface area contributed by atoms with Crippen molar-refractivity contribution >= 4 is 23.1 Å². The molecular formula is C23H20N4O2. The van der Waals surface area contributed by atoms with Crippen LogP contribution in [0.3, 0.4) is 0 Å². The maximum absolute atomic E-state index is 13.2. The number of benzene rings is 3. The van der Waals surface area contributed by atoms with E-state index < -0.39 is 0 Å². The van der Waals surface area contributed by atoms with Crippen LogP contribution < -0.4 is 15.7 Å². The van der Waals surface area contributed by atoms with E-state index in [0.29, 0.717) is 16.9 Å². The summed E-state index contributed by atoms with van der Waals surface area (Å²) < 4.78 is 6.72. The number of hydrogen-bond acceptors (Lipinski definition) is 5. The van der Waals surface area contributed by atoms with E-state index in [9.17, 15) is 4.79 Å². The molecule has 0 aliphatic carbocycles. The second-order valence-corrected chi connectivity index (χ2v) is 6.52. The van der Waals surface area contributed by atoms with Crippen molar-refractivity contribution in [3.8, 4) is 11.4 Å². The Hall–Kier alpha value is -3.93. The highest BCUT2D eigenvalue weighted by Gasteiger charge is 2.13. The molecule has 144 valence electrons. The first kappa shape index (κ1) is 18.4. The van der Waals surface area contributed by atoms with Crippen LogP contribution in [0.25, 0.3) is 16.6 Å². The summed E-state index contributed by atoms with van der Waals surface area (Å²) in [6, 6.07) is 22.5. The van der Waals surface area contributed by atoms with Crippen LogP contribution >= 0.6 is 0 Å². The number of hydrazone groups is 1. The minimum Gasteiger partial charge on any atom is -0.497 e. The summed E-state index contributed by atoms with van der Waals surface area (Å²) in [4.78, 5) is 17.9. The van der Waals surface area contributed by atoms with E-state index in [2.05, 4.69) is 15.5 Å². The molecule has 1 aromatic heterocycles. The summed E-state index contributed by atoms with van der Waals surface area (Å²) in [5.74, 6) is 1.13. The van der Waals surface area contributed by atoms with E-state index in [1.165, 1.54) is 0 Å². The van der Waals surface area contributed by atoms with Gasteiger partial charge in [-0.1, -0.05) is 30.3 Å². The lowest BCUT2D eigenvalue weighted by atomic mass is 10.2. The highest BCUT2D eigenvalue weighted by atomic mass is 16.5. The second kappa shape index (κ2) is 7.98. The van der Waals surface area contributed by atoms with Crippen LogP contribution in [0.4, 0.5) is 5.95 Å². The van der Waals surface area contributed by atoms with Gasteiger partial charge in [-0.2, -0.15) is 5.10 Å². The largest absolute Gasteiger partial charge is 0.497 e. The highest BCUT2D eigenvalue weighted by molar-refractivity contribution is 5.81. The Morgan fingerprint density at radius 3 is 2.48 bits per heavy atom.